The summed E-state index contributed by atoms with van der Waals surface area (Å²) >= 11 is 0. The van der Waals surface area contributed by atoms with Crippen LogP contribution in [0, 0.1) is 0 Å². The van der Waals surface area contributed by atoms with E-state index in [9.17, 15) is 26.4 Å². The fraction of sp³-hybridized carbons (Fsp3) is 0.300. The molecule has 0 bridgehead atoms. The lowest BCUT2D eigenvalue weighted by molar-refractivity contribution is -0.117. The smallest absolute Gasteiger partial charge is 0.299 e. The second-order valence-electron chi connectivity index (χ2n) is 7.35. The summed E-state index contributed by atoms with van der Waals surface area (Å²) in [5.74, 6) is -2.44. The summed E-state index contributed by atoms with van der Waals surface area (Å²) in [6, 6.07) is 12.0. The molecule has 2 N–H and O–H groups in total. The van der Waals surface area contributed by atoms with Gasteiger partial charge in [-0.25, -0.2) is 0 Å². The molecular formula is C20H26N4O6S2. The predicted octanol–water partition coefficient (Wildman–Crippen LogP) is 1.68. The SMILES string of the molecule is CC(=O)C(C(=O)c1ccccc1)c1cc(NS(=O)(=O)N(C)C)ccc1NS(=O)(=O)N(C)C. The molecule has 32 heavy (non-hydrogen) atoms. The Morgan fingerprint density at radius 2 is 1.34 bits per heavy atom. The van der Waals surface area contributed by atoms with Crippen molar-refractivity contribution in [3.8, 4) is 0 Å². The van der Waals surface area contributed by atoms with Crippen molar-refractivity contribution >= 4 is 43.4 Å². The zero-order chi connectivity index (χ0) is 24.3. The van der Waals surface area contributed by atoms with Crippen LogP contribution in [0.25, 0.3) is 0 Å². The van der Waals surface area contributed by atoms with Gasteiger partial charge >= 0.3 is 20.4 Å². The van der Waals surface area contributed by atoms with Crippen LogP contribution in [0.3, 0.4) is 0 Å². The average molecular weight is 483 g/mol. The second-order valence-corrected chi connectivity index (χ2v) is 11.1. The first-order valence-electron chi connectivity index (χ1n) is 9.40. The maximum atomic E-state index is 13.2. The minimum Gasteiger partial charge on any atom is -0.299 e. The predicted molar refractivity (Wildman–Crippen MR) is 123 cm³/mol. The Morgan fingerprint density at radius 1 is 0.812 bits per heavy atom. The van der Waals surface area contributed by atoms with Gasteiger partial charge in [-0.1, -0.05) is 30.3 Å². The van der Waals surface area contributed by atoms with Crippen LogP contribution in [0.5, 0.6) is 0 Å². The van der Waals surface area contributed by atoms with Crippen molar-refractivity contribution in [3.05, 3.63) is 59.7 Å². The van der Waals surface area contributed by atoms with Gasteiger partial charge in [0, 0.05) is 33.8 Å². The van der Waals surface area contributed by atoms with Crippen molar-refractivity contribution in [2.24, 2.45) is 0 Å². The monoisotopic (exact) mass is 482 g/mol. The zero-order valence-corrected chi connectivity index (χ0v) is 20.0. The van der Waals surface area contributed by atoms with Crippen LogP contribution in [0.4, 0.5) is 11.4 Å². The molecule has 0 aromatic heterocycles. The van der Waals surface area contributed by atoms with Gasteiger partial charge in [-0.2, -0.15) is 25.4 Å². The highest BCUT2D eigenvalue weighted by Gasteiger charge is 2.31. The van der Waals surface area contributed by atoms with Gasteiger partial charge in [0.25, 0.3) is 0 Å². The quantitative estimate of drug-likeness (QED) is 0.391. The third-order valence-electron chi connectivity index (χ3n) is 4.54. The molecule has 12 heteroatoms. The molecule has 1 atom stereocenters. The molecule has 0 aliphatic carbocycles. The zero-order valence-electron chi connectivity index (χ0n) is 18.4. The normalized spacial score (nSPS) is 13.1. The fourth-order valence-corrected chi connectivity index (χ4v) is 4.00. The molecular weight excluding hydrogens is 456 g/mol. The number of nitrogens with zero attached hydrogens (tertiary/aromatic N) is 2. The van der Waals surface area contributed by atoms with E-state index in [2.05, 4.69) is 9.44 Å². The summed E-state index contributed by atoms with van der Waals surface area (Å²) in [4.78, 5) is 25.7. The Hall–Kier alpha value is -2.80. The molecule has 0 saturated heterocycles. The molecule has 2 rings (SSSR count). The van der Waals surface area contributed by atoms with Gasteiger partial charge in [0.2, 0.25) is 0 Å². The number of hydrogen-bond acceptors (Lipinski definition) is 6. The number of rotatable bonds is 10. The van der Waals surface area contributed by atoms with E-state index in [0.717, 1.165) is 8.61 Å². The summed E-state index contributed by atoms with van der Waals surface area (Å²) in [5, 5.41) is 0. The molecule has 1 unspecified atom stereocenters. The summed E-state index contributed by atoms with van der Waals surface area (Å²) in [6.07, 6.45) is 0. The number of anilines is 2. The lowest BCUT2D eigenvalue weighted by atomic mass is 9.86. The molecule has 0 radical (unpaired) electrons. The number of benzene rings is 2. The third-order valence-corrected chi connectivity index (χ3v) is 7.43. The highest BCUT2D eigenvalue weighted by molar-refractivity contribution is 7.90. The molecule has 2 aromatic carbocycles. The summed E-state index contributed by atoms with van der Waals surface area (Å²) in [7, 11) is -2.55. The van der Waals surface area contributed by atoms with Crippen LogP contribution >= 0.6 is 0 Å². The van der Waals surface area contributed by atoms with Crippen LogP contribution in [0.1, 0.15) is 28.8 Å². The van der Waals surface area contributed by atoms with Gasteiger partial charge < -0.3 is 0 Å². The van der Waals surface area contributed by atoms with Crippen LogP contribution in [-0.2, 0) is 25.2 Å². The van der Waals surface area contributed by atoms with E-state index < -0.39 is 37.9 Å². The Labute approximate surface area is 188 Å². The molecule has 0 aliphatic heterocycles. The van der Waals surface area contributed by atoms with Crippen molar-refractivity contribution in [3.63, 3.8) is 0 Å². The number of carbonyl (C=O) groups is 2. The van der Waals surface area contributed by atoms with Crippen molar-refractivity contribution in [2.75, 3.05) is 37.6 Å². The van der Waals surface area contributed by atoms with Crippen LogP contribution in [0.15, 0.2) is 48.5 Å². The molecule has 0 aliphatic rings. The fourth-order valence-electron chi connectivity index (χ4n) is 2.74. The minimum absolute atomic E-state index is 0.0176. The first kappa shape index (κ1) is 25.5. The first-order chi connectivity index (χ1) is 14.8. The van der Waals surface area contributed by atoms with Gasteiger partial charge in [-0.15, -0.1) is 0 Å². The number of carbonyl (C=O) groups excluding carboxylic acids is 2. The molecule has 174 valence electrons. The van der Waals surface area contributed by atoms with Crippen LogP contribution in [-0.4, -0.2) is 65.2 Å². The largest absolute Gasteiger partial charge is 0.301 e. The van der Waals surface area contributed by atoms with E-state index in [0.29, 0.717) is 0 Å². The third kappa shape index (κ3) is 5.91. The topological polar surface area (TPSA) is 133 Å². The number of nitrogens with one attached hydrogen (secondary N) is 2. The first-order valence-corrected chi connectivity index (χ1v) is 12.3. The van der Waals surface area contributed by atoms with Gasteiger partial charge in [0.1, 0.15) is 11.7 Å². The van der Waals surface area contributed by atoms with E-state index in [4.69, 9.17) is 0 Å². The Bertz CT molecular complexity index is 1210. The molecule has 0 fully saturated rings. The molecule has 2 aromatic rings. The Kier molecular flexibility index (Phi) is 7.78. The molecule has 0 amide bonds. The lowest BCUT2D eigenvalue weighted by Gasteiger charge is -2.22. The van der Waals surface area contributed by atoms with Gasteiger partial charge in [0.15, 0.2) is 5.78 Å². The van der Waals surface area contributed by atoms with Crippen molar-refractivity contribution in [1.82, 2.24) is 8.61 Å². The van der Waals surface area contributed by atoms with Gasteiger partial charge in [-0.3, -0.25) is 19.0 Å². The maximum absolute atomic E-state index is 13.2. The minimum atomic E-state index is -3.97. The van der Waals surface area contributed by atoms with E-state index >= 15 is 0 Å². The Balaban J connectivity index is 2.68. The molecule has 0 spiro atoms. The highest BCUT2D eigenvalue weighted by Crippen LogP contribution is 2.32. The summed E-state index contributed by atoms with van der Waals surface area (Å²) < 4.78 is 55.9. The highest BCUT2D eigenvalue weighted by atomic mass is 32.2. The van der Waals surface area contributed by atoms with Crippen LogP contribution in [0.2, 0.25) is 0 Å². The van der Waals surface area contributed by atoms with E-state index in [1.54, 1.807) is 30.3 Å². The van der Waals surface area contributed by atoms with E-state index in [1.165, 1.54) is 53.3 Å². The second kappa shape index (κ2) is 9.77. The summed E-state index contributed by atoms with van der Waals surface area (Å²) in [5.41, 5.74) is 0.328. The van der Waals surface area contributed by atoms with Crippen LogP contribution < -0.4 is 9.44 Å². The van der Waals surface area contributed by atoms with Gasteiger partial charge in [-0.05, 0) is 30.7 Å². The summed E-state index contributed by atoms with van der Waals surface area (Å²) in [6.45, 7) is 1.21. The number of ketones is 2. The number of hydrogen-bond donors (Lipinski definition) is 2. The molecule has 0 heterocycles. The number of Topliss-reactive ketones (excluding diaryl/α,β-unsaturated/α-hetero) is 2. The van der Waals surface area contributed by atoms with E-state index in [-0.39, 0.29) is 22.5 Å². The van der Waals surface area contributed by atoms with Crippen molar-refractivity contribution in [1.29, 1.82) is 0 Å². The van der Waals surface area contributed by atoms with Crippen molar-refractivity contribution in [2.45, 2.75) is 12.8 Å². The van der Waals surface area contributed by atoms with E-state index in [1.807, 2.05) is 0 Å². The molecule has 10 nitrogen and oxygen atoms in total. The maximum Gasteiger partial charge on any atom is 0.301 e. The molecule has 0 saturated carbocycles. The average Bonchev–Trinajstić information content (AvgIpc) is 2.69. The standard InChI is InChI=1S/C20H26N4O6S2/c1-14(25)19(20(26)15-9-7-6-8-10-15)17-13-16(21-31(27,28)23(2)3)11-12-18(17)22-32(29,30)24(4)5/h6-13,19,21-22H,1-5H3. The van der Waals surface area contributed by atoms with Gasteiger partial charge in [0.05, 0.1) is 11.4 Å². The van der Waals surface area contributed by atoms with Crippen molar-refractivity contribution < 1.29 is 26.4 Å². The lowest BCUT2D eigenvalue weighted by Crippen LogP contribution is -2.31. The Morgan fingerprint density at radius 3 is 1.84 bits per heavy atom.